The second-order valence-electron chi connectivity index (χ2n) is 4.59. The van der Waals surface area contributed by atoms with Crippen LogP contribution in [0.25, 0.3) is 0 Å². The molecule has 0 saturated heterocycles. The summed E-state index contributed by atoms with van der Waals surface area (Å²) in [7, 11) is 1.64. The van der Waals surface area contributed by atoms with Crippen molar-refractivity contribution in [3.8, 4) is 17.6 Å². The quantitative estimate of drug-likeness (QED) is 0.825. The van der Waals surface area contributed by atoms with Crippen LogP contribution >= 0.6 is 0 Å². The van der Waals surface area contributed by atoms with E-state index in [0.29, 0.717) is 18.7 Å². The van der Waals surface area contributed by atoms with Crippen molar-refractivity contribution in [3.05, 3.63) is 53.6 Å². The molecule has 0 bridgehead atoms. The zero-order valence-electron chi connectivity index (χ0n) is 12.2. The molecule has 0 aliphatic heterocycles. The van der Waals surface area contributed by atoms with Crippen LogP contribution in [0.5, 0.6) is 11.5 Å². The lowest BCUT2D eigenvalue weighted by atomic mass is 10.1. The smallest absolute Gasteiger partial charge is 0.119 e. The number of hydrogen-bond acceptors (Lipinski definition) is 4. The van der Waals surface area contributed by atoms with Crippen LogP contribution in [0.15, 0.2) is 42.5 Å². The van der Waals surface area contributed by atoms with Crippen molar-refractivity contribution in [2.75, 3.05) is 25.6 Å². The van der Waals surface area contributed by atoms with Gasteiger partial charge in [-0.05, 0) is 48.9 Å². The first kappa shape index (κ1) is 14.7. The van der Waals surface area contributed by atoms with E-state index < -0.39 is 0 Å². The summed E-state index contributed by atoms with van der Waals surface area (Å²) < 4.78 is 10.7. The van der Waals surface area contributed by atoms with Gasteiger partial charge in [0.15, 0.2) is 0 Å². The van der Waals surface area contributed by atoms with E-state index in [0.717, 1.165) is 22.7 Å². The molecule has 0 heterocycles. The Hall–Kier alpha value is -2.67. The van der Waals surface area contributed by atoms with E-state index in [-0.39, 0.29) is 0 Å². The molecule has 0 atom stereocenters. The maximum Gasteiger partial charge on any atom is 0.119 e. The summed E-state index contributed by atoms with van der Waals surface area (Å²) in [6.07, 6.45) is 0. The second kappa shape index (κ2) is 7.20. The van der Waals surface area contributed by atoms with Gasteiger partial charge in [0.1, 0.15) is 18.1 Å². The highest BCUT2D eigenvalue weighted by molar-refractivity contribution is 5.55. The lowest BCUT2D eigenvalue weighted by Crippen LogP contribution is -2.12. The van der Waals surface area contributed by atoms with Crippen LogP contribution in [0.2, 0.25) is 0 Å². The molecule has 0 unspecified atom stereocenters. The Labute approximate surface area is 124 Å². The number of rotatable bonds is 6. The van der Waals surface area contributed by atoms with Crippen molar-refractivity contribution in [2.24, 2.45) is 0 Å². The van der Waals surface area contributed by atoms with Gasteiger partial charge in [-0.2, -0.15) is 5.26 Å². The minimum absolute atomic E-state index is 0.544. The van der Waals surface area contributed by atoms with E-state index in [4.69, 9.17) is 14.7 Å². The van der Waals surface area contributed by atoms with Crippen molar-refractivity contribution >= 4 is 5.69 Å². The van der Waals surface area contributed by atoms with E-state index in [1.807, 2.05) is 49.4 Å². The number of anilines is 1. The van der Waals surface area contributed by atoms with Crippen LogP contribution in [0.3, 0.4) is 0 Å². The van der Waals surface area contributed by atoms with E-state index in [2.05, 4.69) is 11.4 Å². The molecule has 2 aromatic carbocycles. The lowest BCUT2D eigenvalue weighted by molar-refractivity contribution is 0.331. The fraction of sp³-hybridized carbons (Fsp3) is 0.235. The van der Waals surface area contributed by atoms with Crippen molar-refractivity contribution in [1.29, 1.82) is 5.26 Å². The Kier molecular flexibility index (Phi) is 5.05. The SMILES string of the molecule is COc1ccc(OCCNc2cc(C#N)ccc2C)cc1. The Morgan fingerprint density at radius 2 is 1.81 bits per heavy atom. The summed E-state index contributed by atoms with van der Waals surface area (Å²) in [6.45, 7) is 3.22. The van der Waals surface area contributed by atoms with Gasteiger partial charge in [0.2, 0.25) is 0 Å². The molecule has 2 rings (SSSR count). The monoisotopic (exact) mass is 282 g/mol. The topological polar surface area (TPSA) is 54.3 Å². The third-order valence-corrected chi connectivity index (χ3v) is 3.11. The number of nitrogens with one attached hydrogen (secondary N) is 1. The number of aryl methyl sites for hydroxylation is 1. The Balaban J connectivity index is 1.83. The van der Waals surface area contributed by atoms with Crippen molar-refractivity contribution in [3.63, 3.8) is 0 Å². The molecule has 0 radical (unpaired) electrons. The number of nitrogens with zero attached hydrogens (tertiary/aromatic N) is 1. The number of benzene rings is 2. The molecule has 0 aliphatic carbocycles. The van der Waals surface area contributed by atoms with Crippen molar-refractivity contribution < 1.29 is 9.47 Å². The molecule has 4 nitrogen and oxygen atoms in total. The molecule has 0 fully saturated rings. The maximum atomic E-state index is 8.90. The predicted molar refractivity (Wildman–Crippen MR) is 82.9 cm³/mol. The first-order valence-electron chi connectivity index (χ1n) is 6.74. The highest BCUT2D eigenvalue weighted by Gasteiger charge is 2.00. The van der Waals surface area contributed by atoms with Gasteiger partial charge in [0, 0.05) is 12.2 Å². The zero-order chi connectivity index (χ0) is 15.1. The molecule has 0 spiro atoms. The first-order chi connectivity index (χ1) is 10.2. The second-order valence-corrected chi connectivity index (χ2v) is 4.59. The summed E-state index contributed by atoms with van der Waals surface area (Å²) in [6, 6.07) is 15.2. The van der Waals surface area contributed by atoms with Crippen LogP contribution in [-0.2, 0) is 0 Å². The van der Waals surface area contributed by atoms with E-state index in [1.165, 1.54) is 0 Å². The van der Waals surface area contributed by atoms with Gasteiger partial charge in [-0.25, -0.2) is 0 Å². The number of nitriles is 1. The molecule has 108 valence electrons. The van der Waals surface area contributed by atoms with Gasteiger partial charge in [-0.15, -0.1) is 0 Å². The molecule has 1 N–H and O–H groups in total. The Morgan fingerprint density at radius 1 is 1.10 bits per heavy atom. The molecule has 0 aliphatic rings. The number of methoxy groups -OCH3 is 1. The van der Waals surface area contributed by atoms with Gasteiger partial charge < -0.3 is 14.8 Å². The number of hydrogen-bond donors (Lipinski definition) is 1. The first-order valence-corrected chi connectivity index (χ1v) is 6.74. The minimum atomic E-state index is 0.544. The summed E-state index contributed by atoms with van der Waals surface area (Å²) in [4.78, 5) is 0. The highest BCUT2D eigenvalue weighted by atomic mass is 16.5. The lowest BCUT2D eigenvalue weighted by Gasteiger charge is -2.11. The highest BCUT2D eigenvalue weighted by Crippen LogP contribution is 2.18. The summed E-state index contributed by atoms with van der Waals surface area (Å²) in [5, 5.41) is 12.2. The summed E-state index contributed by atoms with van der Waals surface area (Å²) in [5.41, 5.74) is 2.73. The molecular weight excluding hydrogens is 264 g/mol. The van der Waals surface area contributed by atoms with E-state index in [9.17, 15) is 0 Å². The van der Waals surface area contributed by atoms with Gasteiger partial charge in [-0.3, -0.25) is 0 Å². The fourth-order valence-electron chi connectivity index (χ4n) is 1.91. The minimum Gasteiger partial charge on any atom is -0.497 e. The molecule has 0 saturated carbocycles. The predicted octanol–water partition coefficient (Wildman–Crippen LogP) is 3.37. The van der Waals surface area contributed by atoms with Gasteiger partial charge in [0.25, 0.3) is 0 Å². The summed E-state index contributed by atoms with van der Waals surface area (Å²) >= 11 is 0. The van der Waals surface area contributed by atoms with Gasteiger partial charge >= 0.3 is 0 Å². The zero-order valence-corrected chi connectivity index (χ0v) is 12.2. The number of ether oxygens (including phenoxy) is 2. The van der Waals surface area contributed by atoms with E-state index >= 15 is 0 Å². The van der Waals surface area contributed by atoms with Gasteiger partial charge in [-0.1, -0.05) is 6.07 Å². The Morgan fingerprint density at radius 3 is 2.48 bits per heavy atom. The largest absolute Gasteiger partial charge is 0.497 e. The van der Waals surface area contributed by atoms with Crippen LogP contribution in [0, 0.1) is 18.3 Å². The van der Waals surface area contributed by atoms with Crippen molar-refractivity contribution in [1.82, 2.24) is 0 Å². The third-order valence-electron chi connectivity index (χ3n) is 3.11. The average molecular weight is 282 g/mol. The normalized spacial score (nSPS) is 9.76. The van der Waals surface area contributed by atoms with E-state index in [1.54, 1.807) is 7.11 Å². The van der Waals surface area contributed by atoms with Crippen LogP contribution in [0.4, 0.5) is 5.69 Å². The Bertz CT molecular complexity index is 630. The third kappa shape index (κ3) is 4.15. The van der Waals surface area contributed by atoms with Gasteiger partial charge in [0.05, 0.1) is 18.7 Å². The fourth-order valence-corrected chi connectivity index (χ4v) is 1.91. The molecule has 0 amide bonds. The van der Waals surface area contributed by atoms with Crippen LogP contribution in [0.1, 0.15) is 11.1 Å². The molecule has 2 aromatic rings. The molecule has 4 heteroatoms. The standard InChI is InChI=1S/C17H18N2O2/c1-13-3-4-14(12-18)11-17(13)19-9-10-21-16-7-5-15(20-2)6-8-16/h3-8,11,19H,9-10H2,1-2H3. The van der Waals surface area contributed by atoms with Crippen LogP contribution < -0.4 is 14.8 Å². The maximum absolute atomic E-state index is 8.90. The molecule has 21 heavy (non-hydrogen) atoms. The molecular formula is C17H18N2O2. The average Bonchev–Trinajstić information content (AvgIpc) is 2.53. The van der Waals surface area contributed by atoms with Crippen LogP contribution in [-0.4, -0.2) is 20.3 Å². The van der Waals surface area contributed by atoms with Crippen molar-refractivity contribution in [2.45, 2.75) is 6.92 Å². The molecule has 0 aromatic heterocycles. The summed E-state index contributed by atoms with van der Waals surface area (Å²) in [5.74, 6) is 1.62.